The Morgan fingerprint density at radius 1 is 1.14 bits per heavy atom. The molecule has 0 aliphatic carbocycles. The van der Waals surface area contributed by atoms with Gasteiger partial charge in [-0.2, -0.15) is 0 Å². The molecule has 5 heteroatoms. The second kappa shape index (κ2) is 6.83. The molecule has 0 atom stereocenters. The molecule has 0 amide bonds. The summed E-state index contributed by atoms with van der Waals surface area (Å²) in [5.41, 5.74) is 3.24. The van der Waals surface area contributed by atoms with Crippen LogP contribution in [0.15, 0.2) is 41.6 Å². The Morgan fingerprint density at radius 3 is 2.57 bits per heavy atom. The van der Waals surface area contributed by atoms with Crippen LogP contribution in [0, 0.1) is 6.92 Å². The van der Waals surface area contributed by atoms with E-state index < -0.39 is 0 Å². The molecule has 1 N–H and O–H groups in total. The van der Waals surface area contributed by atoms with Gasteiger partial charge >= 0.3 is 0 Å². The predicted octanol–water partition coefficient (Wildman–Crippen LogP) is 5.08. The first-order valence-electron chi connectivity index (χ1n) is 6.37. The quantitative estimate of drug-likeness (QED) is 0.484. The van der Waals surface area contributed by atoms with Crippen LogP contribution in [0.1, 0.15) is 23.6 Å². The van der Waals surface area contributed by atoms with E-state index in [9.17, 15) is 0 Å². The molecule has 0 aromatic heterocycles. The summed E-state index contributed by atoms with van der Waals surface area (Å²) in [5.74, 6) is 0.655. The Bertz CT molecular complexity index is 684. The summed E-state index contributed by atoms with van der Waals surface area (Å²) in [6.07, 6.45) is 0. The fourth-order valence-electron chi connectivity index (χ4n) is 1.90. The smallest absolute Gasteiger partial charge is 0.128 e. The highest BCUT2D eigenvalue weighted by molar-refractivity contribution is 6.42. The van der Waals surface area contributed by atoms with Gasteiger partial charge < -0.3 is 9.94 Å². The molecular formula is C16H15Cl2NO2. The van der Waals surface area contributed by atoms with Gasteiger partial charge in [0.2, 0.25) is 0 Å². The van der Waals surface area contributed by atoms with Crippen molar-refractivity contribution >= 4 is 28.9 Å². The van der Waals surface area contributed by atoms with E-state index in [-0.39, 0.29) is 0 Å². The van der Waals surface area contributed by atoms with Crippen LogP contribution in [0.3, 0.4) is 0 Å². The molecule has 0 bridgehead atoms. The number of oxime groups is 1. The molecule has 0 spiro atoms. The van der Waals surface area contributed by atoms with Crippen molar-refractivity contribution in [2.75, 3.05) is 0 Å². The standard InChI is InChI=1S/C16H15Cl2NO2/c1-10-3-6-16(13(7-10)11(2)19-20)21-9-12-4-5-14(17)15(18)8-12/h3-8,20H,9H2,1-2H3/b19-11+. The van der Waals surface area contributed by atoms with Gasteiger partial charge in [-0.25, -0.2) is 0 Å². The zero-order chi connectivity index (χ0) is 15.4. The Balaban J connectivity index is 2.21. The van der Waals surface area contributed by atoms with Crippen molar-refractivity contribution in [3.63, 3.8) is 0 Å². The van der Waals surface area contributed by atoms with Gasteiger partial charge in [0.1, 0.15) is 12.4 Å². The Labute approximate surface area is 133 Å². The third kappa shape index (κ3) is 3.90. The molecule has 0 heterocycles. The maximum absolute atomic E-state index is 8.96. The average molecular weight is 324 g/mol. The summed E-state index contributed by atoms with van der Waals surface area (Å²) in [6.45, 7) is 4.04. The number of hydrogen-bond acceptors (Lipinski definition) is 3. The fraction of sp³-hybridized carbons (Fsp3) is 0.188. The number of aryl methyl sites for hydroxylation is 1. The van der Waals surface area contributed by atoms with Gasteiger partial charge in [-0.3, -0.25) is 0 Å². The largest absolute Gasteiger partial charge is 0.488 e. The minimum Gasteiger partial charge on any atom is -0.488 e. The number of ether oxygens (including phenoxy) is 1. The van der Waals surface area contributed by atoms with Crippen molar-refractivity contribution in [1.29, 1.82) is 0 Å². The van der Waals surface area contributed by atoms with Crippen LogP contribution in [0.25, 0.3) is 0 Å². The molecule has 0 fully saturated rings. The minimum absolute atomic E-state index is 0.353. The molecule has 2 aromatic carbocycles. The third-order valence-electron chi connectivity index (χ3n) is 3.05. The van der Waals surface area contributed by atoms with Crippen molar-refractivity contribution < 1.29 is 9.94 Å². The lowest BCUT2D eigenvalue weighted by atomic mass is 10.1. The summed E-state index contributed by atoms with van der Waals surface area (Å²) in [5, 5.41) is 13.2. The first-order valence-corrected chi connectivity index (χ1v) is 7.13. The lowest BCUT2D eigenvalue weighted by Gasteiger charge is -2.12. The SMILES string of the molecule is C/C(=N\O)c1cc(C)ccc1OCc1ccc(Cl)c(Cl)c1. The van der Waals surface area contributed by atoms with Gasteiger partial charge in [-0.1, -0.05) is 46.1 Å². The van der Waals surface area contributed by atoms with E-state index in [2.05, 4.69) is 5.16 Å². The van der Waals surface area contributed by atoms with Crippen LogP contribution in [-0.2, 0) is 6.61 Å². The summed E-state index contributed by atoms with van der Waals surface area (Å²) in [4.78, 5) is 0. The molecular weight excluding hydrogens is 309 g/mol. The number of benzene rings is 2. The van der Waals surface area contributed by atoms with Gasteiger partial charge in [0.05, 0.1) is 15.8 Å². The summed E-state index contributed by atoms with van der Waals surface area (Å²) in [7, 11) is 0. The van der Waals surface area contributed by atoms with Crippen LogP contribution >= 0.6 is 23.2 Å². The molecule has 0 aliphatic rings. The molecule has 21 heavy (non-hydrogen) atoms. The van der Waals surface area contributed by atoms with E-state index in [1.807, 2.05) is 31.2 Å². The van der Waals surface area contributed by atoms with Crippen LogP contribution in [0.2, 0.25) is 10.0 Å². The molecule has 110 valence electrons. The molecule has 0 saturated heterocycles. The first kappa shape index (κ1) is 15.7. The van der Waals surface area contributed by atoms with Crippen molar-refractivity contribution in [2.45, 2.75) is 20.5 Å². The first-order chi connectivity index (χ1) is 10.0. The van der Waals surface area contributed by atoms with E-state index in [0.29, 0.717) is 28.1 Å². The maximum atomic E-state index is 8.96. The van der Waals surface area contributed by atoms with E-state index in [4.69, 9.17) is 33.1 Å². The van der Waals surface area contributed by atoms with Crippen molar-refractivity contribution in [3.05, 3.63) is 63.1 Å². The Morgan fingerprint density at radius 2 is 1.90 bits per heavy atom. The zero-order valence-corrected chi connectivity index (χ0v) is 13.2. The number of rotatable bonds is 4. The normalized spacial score (nSPS) is 11.5. The molecule has 2 rings (SSSR count). The van der Waals surface area contributed by atoms with Crippen molar-refractivity contribution in [2.24, 2.45) is 5.16 Å². The van der Waals surface area contributed by atoms with Gasteiger partial charge in [-0.05, 0) is 43.7 Å². The number of hydrogen-bond donors (Lipinski definition) is 1. The average Bonchev–Trinajstić information content (AvgIpc) is 2.48. The molecule has 3 nitrogen and oxygen atoms in total. The van der Waals surface area contributed by atoms with Crippen LogP contribution in [-0.4, -0.2) is 10.9 Å². The van der Waals surface area contributed by atoms with Crippen LogP contribution < -0.4 is 4.74 Å². The monoisotopic (exact) mass is 323 g/mol. The highest BCUT2D eigenvalue weighted by Gasteiger charge is 2.09. The van der Waals surface area contributed by atoms with Gasteiger partial charge in [0, 0.05) is 5.56 Å². The number of halogens is 2. The Kier molecular flexibility index (Phi) is 5.10. The topological polar surface area (TPSA) is 41.8 Å². The second-order valence-electron chi connectivity index (χ2n) is 4.72. The third-order valence-corrected chi connectivity index (χ3v) is 3.79. The van der Waals surface area contributed by atoms with Gasteiger partial charge in [0.25, 0.3) is 0 Å². The number of nitrogens with zero attached hydrogens (tertiary/aromatic N) is 1. The maximum Gasteiger partial charge on any atom is 0.128 e. The summed E-state index contributed by atoms with van der Waals surface area (Å²) >= 11 is 11.9. The Hall–Kier alpha value is -1.71. The summed E-state index contributed by atoms with van der Waals surface area (Å²) < 4.78 is 5.80. The minimum atomic E-state index is 0.353. The van der Waals surface area contributed by atoms with Crippen LogP contribution in [0.4, 0.5) is 0 Å². The second-order valence-corrected chi connectivity index (χ2v) is 5.54. The molecule has 0 radical (unpaired) electrons. The van der Waals surface area contributed by atoms with Crippen molar-refractivity contribution in [3.8, 4) is 5.75 Å². The van der Waals surface area contributed by atoms with E-state index in [1.54, 1.807) is 19.1 Å². The van der Waals surface area contributed by atoms with Crippen LogP contribution in [0.5, 0.6) is 5.75 Å². The van der Waals surface area contributed by atoms with E-state index >= 15 is 0 Å². The highest BCUT2D eigenvalue weighted by Crippen LogP contribution is 2.25. The molecule has 0 aliphatic heterocycles. The highest BCUT2D eigenvalue weighted by atomic mass is 35.5. The van der Waals surface area contributed by atoms with Crippen molar-refractivity contribution in [1.82, 2.24) is 0 Å². The lowest BCUT2D eigenvalue weighted by Crippen LogP contribution is -2.03. The van der Waals surface area contributed by atoms with E-state index in [1.165, 1.54) is 0 Å². The van der Waals surface area contributed by atoms with Gasteiger partial charge in [0.15, 0.2) is 0 Å². The molecule has 0 saturated carbocycles. The fourth-order valence-corrected chi connectivity index (χ4v) is 2.22. The molecule has 2 aromatic rings. The lowest BCUT2D eigenvalue weighted by molar-refractivity contribution is 0.303. The zero-order valence-electron chi connectivity index (χ0n) is 11.7. The van der Waals surface area contributed by atoms with E-state index in [0.717, 1.165) is 16.7 Å². The molecule has 0 unspecified atom stereocenters. The summed E-state index contributed by atoms with van der Waals surface area (Å²) in [6, 6.07) is 11.1. The van der Waals surface area contributed by atoms with Gasteiger partial charge in [-0.15, -0.1) is 0 Å². The predicted molar refractivity (Wildman–Crippen MR) is 86.0 cm³/mol.